The van der Waals surface area contributed by atoms with Gasteiger partial charge in [0.25, 0.3) is 0 Å². The number of amides is 3. The zero-order chi connectivity index (χ0) is 18.7. The smallest absolute Gasteiger partial charge is 0.319 e. The van der Waals surface area contributed by atoms with Gasteiger partial charge in [-0.05, 0) is 39.8 Å². The molecular weight excluding hydrogens is 318 g/mol. The molecule has 0 spiro atoms. The van der Waals surface area contributed by atoms with E-state index in [9.17, 15) is 18.4 Å². The molecule has 3 N–H and O–H groups in total. The number of carbonyl (C=O) groups excluding carboxylic acids is 2. The molecule has 0 aliphatic heterocycles. The van der Waals surface area contributed by atoms with Crippen molar-refractivity contribution < 1.29 is 18.4 Å². The van der Waals surface area contributed by atoms with Crippen molar-refractivity contribution in [1.82, 2.24) is 10.6 Å². The molecule has 0 saturated heterocycles. The van der Waals surface area contributed by atoms with Gasteiger partial charge in [-0.25, -0.2) is 13.6 Å². The summed E-state index contributed by atoms with van der Waals surface area (Å²) in [7, 11) is 3.02. The van der Waals surface area contributed by atoms with Crippen molar-refractivity contribution in [1.29, 1.82) is 0 Å². The number of urea groups is 1. The Morgan fingerprint density at radius 3 is 2.04 bits per heavy atom. The van der Waals surface area contributed by atoms with Crippen molar-refractivity contribution in [2.24, 2.45) is 0 Å². The highest BCUT2D eigenvalue weighted by Gasteiger charge is 2.21. The summed E-state index contributed by atoms with van der Waals surface area (Å²) in [6, 6.07) is 0.485. The molecule has 1 atom stereocenters. The number of nitrogens with zero attached hydrogens (tertiary/aromatic N) is 1. The Bertz CT molecular complexity index is 604. The van der Waals surface area contributed by atoms with E-state index in [-0.39, 0.29) is 17.3 Å². The third-order valence-corrected chi connectivity index (χ3v) is 2.96. The molecule has 0 saturated carbocycles. The Labute approximate surface area is 140 Å². The van der Waals surface area contributed by atoms with E-state index in [0.717, 1.165) is 12.1 Å². The van der Waals surface area contributed by atoms with Gasteiger partial charge in [-0.15, -0.1) is 0 Å². The van der Waals surface area contributed by atoms with Crippen LogP contribution in [0.1, 0.15) is 27.7 Å². The molecule has 0 radical (unpaired) electrons. The van der Waals surface area contributed by atoms with Crippen LogP contribution in [-0.2, 0) is 4.79 Å². The summed E-state index contributed by atoms with van der Waals surface area (Å²) in [4.78, 5) is 25.1. The average molecular weight is 342 g/mol. The number of halogens is 2. The minimum Gasteiger partial charge on any atom is -0.373 e. The lowest BCUT2D eigenvalue weighted by Gasteiger charge is -2.23. The van der Waals surface area contributed by atoms with E-state index in [1.165, 1.54) is 25.9 Å². The molecule has 0 aliphatic carbocycles. The first kappa shape index (κ1) is 19.7. The lowest BCUT2D eigenvalue weighted by molar-refractivity contribution is -0.123. The third-order valence-electron chi connectivity index (χ3n) is 2.96. The predicted molar refractivity (Wildman–Crippen MR) is 90.2 cm³/mol. The standard InChI is InChI=1S/C16H24F2N4O2/c1-9(14(23)21-16(2,3)4)19-15(24)20-10-7-11(17)13(22(5)6)12(18)8-10/h7-9H,1-6H3,(H,21,23)(H2,19,20,24)/t9-/m1/s1. The van der Waals surface area contributed by atoms with Gasteiger partial charge in [0.2, 0.25) is 5.91 Å². The van der Waals surface area contributed by atoms with E-state index in [1.807, 2.05) is 20.8 Å². The van der Waals surface area contributed by atoms with Gasteiger partial charge in [-0.3, -0.25) is 4.79 Å². The molecular formula is C16H24F2N4O2. The van der Waals surface area contributed by atoms with Crippen LogP contribution in [-0.4, -0.2) is 37.6 Å². The van der Waals surface area contributed by atoms with Gasteiger partial charge in [-0.1, -0.05) is 0 Å². The molecule has 0 aliphatic rings. The summed E-state index contributed by atoms with van der Waals surface area (Å²) >= 11 is 0. The summed E-state index contributed by atoms with van der Waals surface area (Å²) in [5, 5.41) is 7.44. The van der Waals surface area contributed by atoms with Gasteiger partial charge in [0.1, 0.15) is 11.7 Å². The van der Waals surface area contributed by atoms with Crippen molar-refractivity contribution in [3.05, 3.63) is 23.8 Å². The van der Waals surface area contributed by atoms with Crippen molar-refractivity contribution in [2.75, 3.05) is 24.3 Å². The highest BCUT2D eigenvalue weighted by Crippen LogP contribution is 2.25. The Kier molecular flexibility index (Phi) is 6.11. The number of hydrogen-bond acceptors (Lipinski definition) is 3. The summed E-state index contributed by atoms with van der Waals surface area (Å²) in [6.07, 6.45) is 0. The number of hydrogen-bond donors (Lipinski definition) is 3. The monoisotopic (exact) mass is 342 g/mol. The molecule has 1 rings (SSSR count). The van der Waals surface area contributed by atoms with Crippen LogP contribution in [0.2, 0.25) is 0 Å². The minimum absolute atomic E-state index is 0.0449. The topological polar surface area (TPSA) is 73.5 Å². The Balaban J connectivity index is 2.74. The van der Waals surface area contributed by atoms with Gasteiger partial charge in [0.15, 0.2) is 11.6 Å². The van der Waals surface area contributed by atoms with Gasteiger partial charge in [-0.2, -0.15) is 0 Å². The summed E-state index contributed by atoms with van der Waals surface area (Å²) in [5.41, 5.74) is -0.673. The largest absolute Gasteiger partial charge is 0.373 e. The Morgan fingerprint density at radius 2 is 1.62 bits per heavy atom. The fourth-order valence-corrected chi connectivity index (χ4v) is 1.97. The van der Waals surface area contributed by atoms with E-state index in [0.29, 0.717) is 0 Å². The van der Waals surface area contributed by atoms with Gasteiger partial charge in [0.05, 0.1) is 0 Å². The van der Waals surface area contributed by atoms with Crippen molar-refractivity contribution in [3.63, 3.8) is 0 Å². The molecule has 134 valence electrons. The number of rotatable bonds is 4. The van der Waals surface area contributed by atoms with E-state index in [4.69, 9.17) is 0 Å². The van der Waals surface area contributed by atoms with Crippen molar-refractivity contribution in [3.8, 4) is 0 Å². The quantitative estimate of drug-likeness (QED) is 0.787. The van der Waals surface area contributed by atoms with E-state index in [2.05, 4.69) is 16.0 Å². The second-order valence-corrected chi connectivity index (χ2v) is 6.74. The first-order chi connectivity index (χ1) is 10.9. The van der Waals surface area contributed by atoms with Crippen LogP contribution in [0, 0.1) is 11.6 Å². The minimum atomic E-state index is -0.806. The van der Waals surface area contributed by atoms with Gasteiger partial charge >= 0.3 is 6.03 Å². The van der Waals surface area contributed by atoms with E-state index in [1.54, 1.807) is 0 Å². The van der Waals surface area contributed by atoms with Gasteiger partial charge in [0, 0.05) is 25.3 Å². The molecule has 24 heavy (non-hydrogen) atoms. The van der Waals surface area contributed by atoms with E-state index >= 15 is 0 Å². The van der Waals surface area contributed by atoms with Crippen molar-refractivity contribution >= 4 is 23.3 Å². The summed E-state index contributed by atoms with van der Waals surface area (Å²) < 4.78 is 27.7. The van der Waals surface area contributed by atoms with Crippen LogP contribution >= 0.6 is 0 Å². The lowest BCUT2D eigenvalue weighted by atomic mass is 10.1. The van der Waals surface area contributed by atoms with Crippen LogP contribution in [0.4, 0.5) is 25.0 Å². The Hall–Kier alpha value is -2.38. The summed E-state index contributed by atoms with van der Waals surface area (Å²) in [5.74, 6) is -1.96. The zero-order valence-electron chi connectivity index (χ0n) is 14.8. The molecule has 0 unspecified atom stereocenters. The molecule has 0 bridgehead atoms. The highest BCUT2D eigenvalue weighted by atomic mass is 19.1. The van der Waals surface area contributed by atoms with Crippen LogP contribution in [0.3, 0.4) is 0 Å². The molecule has 1 aromatic carbocycles. The SMILES string of the molecule is C[C@@H](NC(=O)Nc1cc(F)c(N(C)C)c(F)c1)C(=O)NC(C)(C)C. The molecule has 0 heterocycles. The van der Waals surface area contributed by atoms with Crippen LogP contribution in [0.25, 0.3) is 0 Å². The molecule has 1 aromatic rings. The van der Waals surface area contributed by atoms with Crippen LogP contribution < -0.4 is 20.9 Å². The first-order valence-electron chi connectivity index (χ1n) is 7.46. The molecule has 6 nitrogen and oxygen atoms in total. The second-order valence-electron chi connectivity index (χ2n) is 6.74. The normalized spacial score (nSPS) is 12.3. The Morgan fingerprint density at radius 1 is 1.12 bits per heavy atom. The number of anilines is 2. The molecule has 3 amide bonds. The van der Waals surface area contributed by atoms with Crippen LogP contribution in [0.15, 0.2) is 12.1 Å². The number of carbonyl (C=O) groups is 2. The third kappa shape index (κ3) is 5.68. The van der Waals surface area contributed by atoms with Gasteiger partial charge < -0.3 is 20.9 Å². The number of nitrogens with one attached hydrogen (secondary N) is 3. The highest BCUT2D eigenvalue weighted by molar-refractivity contribution is 5.93. The fraction of sp³-hybridized carbons (Fsp3) is 0.500. The van der Waals surface area contributed by atoms with Crippen molar-refractivity contribution in [2.45, 2.75) is 39.3 Å². The van der Waals surface area contributed by atoms with Crippen LogP contribution in [0.5, 0.6) is 0 Å². The first-order valence-corrected chi connectivity index (χ1v) is 7.46. The zero-order valence-corrected chi connectivity index (χ0v) is 14.8. The maximum atomic E-state index is 13.9. The molecule has 8 heteroatoms. The lowest BCUT2D eigenvalue weighted by Crippen LogP contribution is -2.51. The molecule has 0 fully saturated rings. The second kappa shape index (κ2) is 7.46. The number of benzene rings is 1. The fourth-order valence-electron chi connectivity index (χ4n) is 1.97. The maximum Gasteiger partial charge on any atom is 0.319 e. The summed E-state index contributed by atoms with van der Waals surface area (Å²) in [6.45, 7) is 6.96. The maximum absolute atomic E-state index is 13.9. The average Bonchev–Trinajstić information content (AvgIpc) is 2.34. The van der Waals surface area contributed by atoms with E-state index < -0.39 is 29.2 Å². The predicted octanol–water partition coefficient (Wildman–Crippen LogP) is 2.46. The molecule has 0 aromatic heterocycles.